The highest BCUT2D eigenvalue weighted by molar-refractivity contribution is 5.83. The van der Waals surface area contributed by atoms with Crippen LogP contribution < -0.4 is 0 Å². The number of halogens is 1. The molecule has 0 radical (unpaired) electrons. The second kappa shape index (κ2) is 10.5. The molecule has 176 valence electrons. The van der Waals surface area contributed by atoms with Crippen LogP contribution in [0, 0.1) is 5.82 Å². The van der Waals surface area contributed by atoms with Gasteiger partial charge in [-0.25, -0.2) is 4.39 Å². The molecule has 1 aromatic heterocycles. The molecule has 0 saturated carbocycles. The summed E-state index contributed by atoms with van der Waals surface area (Å²) < 4.78 is 20.0. The molecule has 0 fully saturated rings. The van der Waals surface area contributed by atoms with Gasteiger partial charge in [-0.1, -0.05) is 76.2 Å². The summed E-state index contributed by atoms with van der Waals surface area (Å²) in [6, 6.07) is 21.1. The summed E-state index contributed by atoms with van der Waals surface area (Å²) in [7, 11) is 0. The fraction of sp³-hybridized carbons (Fsp3) is 0.300. The van der Waals surface area contributed by atoms with Gasteiger partial charge < -0.3 is 9.84 Å². The van der Waals surface area contributed by atoms with Crippen LogP contribution in [0.4, 0.5) is 4.39 Å². The summed E-state index contributed by atoms with van der Waals surface area (Å²) >= 11 is 0. The summed E-state index contributed by atoms with van der Waals surface area (Å²) in [5, 5.41) is 12.8. The molecule has 4 aromatic rings. The van der Waals surface area contributed by atoms with Gasteiger partial charge in [0.15, 0.2) is 0 Å². The minimum Gasteiger partial charge on any atom is -0.392 e. The number of hydrogen-bond acceptors (Lipinski definition) is 3. The van der Waals surface area contributed by atoms with Crippen molar-refractivity contribution < 1.29 is 14.2 Å². The van der Waals surface area contributed by atoms with Gasteiger partial charge in [-0.15, -0.1) is 0 Å². The number of aliphatic hydroxyl groups is 1. The van der Waals surface area contributed by atoms with Crippen LogP contribution in [0.5, 0.6) is 0 Å². The van der Waals surface area contributed by atoms with E-state index in [1.54, 1.807) is 12.1 Å². The van der Waals surface area contributed by atoms with E-state index in [1.807, 2.05) is 12.1 Å². The molecule has 0 atom stereocenters. The van der Waals surface area contributed by atoms with Crippen molar-refractivity contribution in [3.8, 4) is 11.1 Å². The Bertz CT molecular complexity index is 1280. The smallest absolute Gasteiger partial charge is 0.123 e. The molecule has 0 amide bonds. The molecule has 0 saturated heterocycles. The van der Waals surface area contributed by atoms with Gasteiger partial charge in [-0.3, -0.25) is 4.98 Å². The van der Waals surface area contributed by atoms with Crippen molar-refractivity contribution in [2.45, 2.75) is 59.4 Å². The number of aromatic nitrogens is 1. The Labute approximate surface area is 201 Å². The average Bonchev–Trinajstić information content (AvgIpc) is 2.83. The quantitative estimate of drug-likeness (QED) is 0.298. The first-order chi connectivity index (χ1) is 16.4. The van der Waals surface area contributed by atoms with Crippen LogP contribution in [0.15, 0.2) is 66.7 Å². The number of pyridine rings is 1. The van der Waals surface area contributed by atoms with Crippen molar-refractivity contribution in [2.24, 2.45) is 0 Å². The Balaban J connectivity index is 1.75. The molecule has 3 aromatic carbocycles. The molecule has 0 aliphatic carbocycles. The number of benzene rings is 3. The fourth-order valence-corrected chi connectivity index (χ4v) is 4.53. The third kappa shape index (κ3) is 5.03. The predicted molar refractivity (Wildman–Crippen MR) is 136 cm³/mol. The summed E-state index contributed by atoms with van der Waals surface area (Å²) in [4.78, 5) is 5.00. The van der Waals surface area contributed by atoms with Gasteiger partial charge in [-0.05, 0) is 57.5 Å². The van der Waals surface area contributed by atoms with E-state index in [4.69, 9.17) is 9.72 Å². The Hall–Kier alpha value is -3.08. The zero-order chi connectivity index (χ0) is 24.2. The van der Waals surface area contributed by atoms with Gasteiger partial charge >= 0.3 is 0 Å². The van der Waals surface area contributed by atoms with Crippen LogP contribution in [0.2, 0.25) is 0 Å². The van der Waals surface area contributed by atoms with E-state index in [9.17, 15) is 9.50 Å². The molecular formula is C30H32FNO2. The SMILES string of the molecule is CC(C)c1nc(C(C)C)c(COCc2ccc3ccccc3c2)c(-c2ccc(F)cc2)c1CO. The Morgan fingerprint density at radius 2 is 1.44 bits per heavy atom. The zero-order valence-corrected chi connectivity index (χ0v) is 20.3. The van der Waals surface area contributed by atoms with E-state index >= 15 is 0 Å². The molecule has 0 bridgehead atoms. The molecule has 1 heterocycles. The number of rotatable bonds is 8. The van der Waals surface area contributed by atoms with Crippen molar-refractivity contribution >= 4 is 10.8 Å². The summed E-state index contributed by atoms with van der Waals surface area (Å²) in [6.07, 6.45) is 0. The number of hydrogen-bond donors (Lipinski definition) is 1. The third-order valence-corrected chi connectivity index (χ3v) is 6.18. The number of aliphatic hydroxyl groups excluding tert-OH is 1. The van der Waals surface area contributed by atoms with Crippen molar-refractivity contribution in [3.05, 3.63) is 101 Å². The maximum absolute atomic E-state index is 13.7. The number of ether oxygens (including phenoxy) is 1. The molecule has 34 heavy (non-hydrogen) atoms. The van der Waals surface area contributed by atoms with Gasteiger partial charge in [0.05, 0.1) is 19.8 Å². The van der Waals surface area contributed by atoms with Crippen LogP contribution in [0.1, 0.15) is 67.6 Å². The molecule has 0 aliphatic rings. The van der Waals surface area contributed by atoms with Crippen molar-refractivity contribution in [1.29, 1.82) is 0 Å². The molecular weight excluding hydrogens is 425 g/mol. The van der Waals surface area contributed by atoms with Crippen LogP contribution in [0.3, 0.4) is 0 Å². The van der Waals surface area contributed by atoms with E-state index in [-0.39, 0.29) is 24.3 Å². The van der Waals surface area contributed by atoms with Crippen molar-refractivity contribution in [2.75, 3.05) is 0 Å². The van der Waals surface area contributed by atoms with Crippen LogP contribution in [-0.2, 0) is 24.6 Å². The van der Waals surface area contributed by atoms with Gasteiger partial charge in [-0.2, -0.15) is 0 Å². The second-order valence-corrected chi connectivity index (χ2v) is 9.36. The van der Waals surface area contributed by atoms with Crippen LogP contribution in [0.25, 0.3) is 21.9 Å². The first-order valence-electron chi connectivity index (χ1n) is 11.9. The van der Waals surface area contributed by atoms with E-state index in [0.717, 1.165) is 39.2 Å². The van der Waals surface area contributed by atoms with E-state index in [1.165, 1.54) is 22.9 Å². The highest BCUT2D eigenvalue weighted by atomic mass is 19.1. The standard InChI is InChI=1S/C30H32FNO2/c1-19(2)29-26(16-33)28(23-11-13-25(31)14-12-23)27(30(32-29)20(3)4)18-34-17-21-9-10-22-7-5-6-8-24(22)15-21/h5-15,19-20,33H,16-18H2,1-4H3. The molecule has 4 rings (SSSR count). The van der Waals surface area contributed by atoms with Gasteiger partial charge in [0, 0.05) is 22.5 Å². The monoisotopic (exact) mass is 457 g/mol. The lowest BCUT2D eigenvalue weighted by Crippen LogP contribution is -2.13. The molecule has 0 spiro atoms. The largest absolute Gasteiger partial charge is 0.392 e. The lowest BCUT2D eigenvalue weighted by Gasteiger charge is -2.24. The maximum atomic E-state index is 13.7. The first-order valence-corrected chi connectivity index (χ1v) is 11.9. The zero-order valence-electron chi connectivity index (χ0n) is 20.3. The highest BCUT2D eigenvalue weighted by Crippen LogP contribution is 2.37. The Morgan fingerprint density at radius 1 is 0.794 bits per heavy atom. The predicted octanol–water partition coefficient (Wildman–Crippen LogP) is 7.50. The maximum Gasteiger partial charge on any atom is 0.123 e. The van der Waals surface area contributed by atoms with E-state index < -0.39 is 0 Å². The fourth-order valence-electron chi connectivity index (χ4n) is 4.53. The topological polar surface area (TPSA) is 42.4 Å². The van der Waals surface area contributed by atoms with Gasteiger partial charge in [0.25, 0.3) is 0 Å². The molecule has 1 N–H and O–H groups in total. The lowest BCUT2D eigenvalue weighted by atomic mass is 9.87. The molecule has 3 nitrogen and oxygen atoms in total. The Morgan fingerprint density at radius 3 is 2.09 bits per heavy atom. The van der Waals surface area contributed by atoms with Crippen LogP contribution >= 0.6 is 0 Å². The van der Waals surface area contributed by atoms with Crippen LogP contribution in [-0.4, -0.2) is 10.1 Å². The summed E-state index contributed by atoms with van der Waals surface area (Å²) in [6.45, 7) is 9.07. The number of nitrogens with zero attached hydrogens (tertiary/aromatic N) is 1. The minimum absolute atomic E-state index is 0.136. The molecule has 0 unspecified atom stereocenters. The number of fused-ring (bicyclic) bond motifs is 1. The summed E-state index contributed by atoms with van der Waals surface area (Å²) in [5.74, 6) is 0.0285. The van der Waals surface area contributed by atoms with Gasteiger partial charge in [0.1, 0.15) is 5.82 Å². The summed E-state index contributed by atoms with van der Waals surface area (Å²) in [5.41, 5.74) is 6.44. The molecule has 4 heteroatoms. The van der Waals surface area contributed by atoms with E-state index in [2.05, 4.69) is 58.0 Å². The average molecular weight is 458 g/mol. The normalized spacial score (nSPS) is 11.6. The lowest BCUT2D eigenvalue weighted by molar-refractivity contribution is 0.106. The first kappa shape index (κ1) is 24.1. The Kier molecular flexibility index (Phi) is 7.40. The third-order valence-electron chi connectivity index (χ3n) is 6.18. The minimum atomic E-state index is -0.286. The van der Waals surface area contributed by atoms with E-state index in [0.29, 0.717) is 13.2 Å². The van der Waals surface area contributed by atoms with Crippen molar-refractivity contribution in [1.82, 2.24) is 4.98 Å². The molecule has 0 aliphatic heterocycles. The van der Waals surface area contributed by atoms with Gasteiger partial charge in [0.2, 0.25) is 0 Å². The highest BCUT2D eigenvalue weighted by Gasteiger charge is 2.23. The second-order valence-electron chi connectivity index (χ2n) is 9.36. The van der Waals surface area contributed by atoms with Crippen molar-refractivity contribution in [3.63, 3.8) is 0 Å².